The summed E-state index contributed by atoms with van der Waals surface area (Å²) < 4.78 is 24.5. The average molecular weight is 346 g/mol. The van der Waals surface area contributed by atoms with Gasteiger partial charge in [0.1, 0.15) is 5.82 Å². The standard InChI is InChI=1S/C19H23FN2O3/c1-4-22(19(23)21-16-9-7-6-8-15(16)20)13-14-10-11-17(25-5-2)18(12-14)24-3/h6-12H,4-5,13H2,1-3H3,(H,21,23). The minimum Gasteiger partial charge on any atom is -0.493 e. The Bertz CT molecular complexity index is 722. The monoisotopic (exact) mass is 346 g/mol. The molecule has 0 saturated carbocycles. The SMILES string of the molecule is CCOc1ccc(CN(CC)C(=O)Nc2ccccc2F)cc1OC. The molecule has 0 fully saturated rings. The smallest absolute Gasteiger partial charge is 0.322 e. The van der Waals surface area contributed by atoms with Gasteiger partial charge in [-0.1, -0.05) is 18.2 Å². The van der Waals surface area contributed by atoms with Crippen LogP contribution in [0.2, 0.25) is 0 Å². The number of anilines is 1. The molecule has 0 atom stereocenters. The molecule has 0 heterocycles. The Hall–Kier alpha value is -2.76. The Morgan fingerprint density at radius 2 is 1.92 bits per heavy atom. The van der Waals surface area contributed by atoms with Gasteiger partial charge in [0, 0.05) is 13.1 Å². The van der Waals surface area contributed by atoms with Gasteiger partial charge in [-0.3, -0.25) is 0 Å². The van der Waals surface area contributed by atoms with Crippen molar-refractivity contribution in [2.45, 2.75) is 20.4 Å². The van der Waals surface area contributed by atoms with E-state index in [0.29, 0.717) is 31.2 Å². The number of benzene rings is 2. The number of urea groups is 1. The Labute approximate surface area is 147 Å². The van der Waals surface area contributed by atoms with Crippen LogP contribution in [-0.2, 0) is 6.54 Å². The first-order valence-electron chi connectivity index (χ1n) is 8.19. The van der Waals surface area contributed by atoms with Crippen molar-refractivity contribution in [3.63, 3.8) is 0 Å². The normalized spacial score (nSPS) is 10.2. The van der Waals surface area contributed by atoms with E-state index >= 15 is 0 Å². The fraction of sp³-hybridized carbons (Fsp3) is 0.316. The van der Waals surface area contributed by atoms with Gasteiger partial charge >= 0.3 is 6.03 Å². The summed E-state index contributed by atoms with van der Waals surface area (Å²) in [5.74, 6) is 0.812. The molecule has 2 aromatic rings. The van der Waals surface area contributed by atoms with Gasteiger partial charge in [0.05, 0.1) is 19.4 Å². The predicted octanol–water partition coefficient (Wildman–Crippen LogP) is 4.29. The number of carbonyl (C=O) groups is 1. The Morgan fingerprint density at radius 1 is 1.16 bits per heavy atom. The fourth-order valence-corrected chi connectivity index (χ4v) is 2.39. The maximum absolute atomic E-state index is 13.7. The van der Waals surface area contributed by atoms with E-state index in [1.807, 2.05) is 32.0 Å². The quantitative estimate of drug-likeness (QED) is 0.814. The van der Waals surface area contributed by atoms with Crippen molar-refractivity contribution in [1.29, 1.82) is 0 Å². The van der Waals surface area contributed by atoms with Crippen molar-refractivity contribution in [3.8, 4) is 11.5 Å². The third-order valence-electron chi connectivity index (χ3n) is 3.69. The first kappa shape index (κ1) is 18.6. The Morgan fingerprint density at radius 3 is 2.56 bits per heavy atom. The van der Waals surface area contributed by atoms with Crippen molar-refractivity contribution in [2.75, 3.05) is 25.6 Å². The lowest BCUT2D eigenvalue weighted by atomic mass is 10.2. The van der Waals surface area contributed by atoms with E-state index in [0.717, 1.165) is 5.56 Å². The molecule has 0 aliphatic heterocycles. The Balaban J connectivity index is 2.11. The van der Waals surface area contributed by atoms with Gasteiger partial charge in [0.2, 0.25) is 0 Å². The summed E-state index contributed by atoms with van der Waals surface area (Å²) in [7, 11) is 1.57. The van der Waals surface area contributed by atoms with Crippen LogP contribution in [0.1, 0.15) is 19.4 Å². The van der Waals surface area contributed by atoms with Crippen LogP contribution in [0.4, 0.5) is 14.9 Å². The first-order chi connectivity index (χ1) is 12.1. The van der Waals surface area contributed by atoms with E-state index in [9.17, 15) is 9.18 Å². The highest BCUT2D eigenvalue weighted by atomic mass is 19.1. The van der Waals surface area contributed by atoms with E-state index in [1.54, 1.807) is 24.1 Å². The number of nitrogens with zero attached hydrogens (tertiary/aromatic N) is 1. The van der Waals surface area contributed by atoms with Crippen molar-refractivity contribution >= 4 is 11.7 Å². The molecule has 0 unspecified atom stereocenters. The number of amides is 2. The van der Waals surface area contributed by atoms with E-state index < -0.39 is 5.82 Å². The van der Waals surface area contributed by atoms with Gasteiger partial charge in [0.15, 0.2) is 11.5 Å². The van der Waals surface area contributed by atoms with Crippen LogP contribution in [0.25, 0.3) is 0 Å². The van der Waals surface area contributed by atoms with Gasteiger partial charge < -0.3 is 19.7 Å². The molecule has 0 saturated heterocycles. The maximum Gasteiger partial charge on any atom is 0.322 e. The first-order valence-corrected chi connectivity index (χ1v) is 8.19. The molecule has 134 valence electrons. The van der Waals surface area contributed by atoms with Crippen molar-refractivity contribution in [2.24, 2.45) is 0 Å². The van der Waals surface area contributed by atoms with Crippen molar-refractivity contribution in [3.05, 3.63) is 53.8 Å². The van der Waals surface area contributed by atoms with Crippen molar-refractivity contribution in [1.82, 2.24) is 4.90 Å². The van der Waals surface area contributed by atoms with Crippen LogP contribution in [0.15, 0.2) is 42.5 Å². The highest BCUT2D eigenvalue weighted by Gasteiger charge is 2.15. The van der Waals surface area contributed by atoms with E-state index in [4.69, 9.17) is 9.47 Å². The number of methoxy groups -OCH3 is 1. The lowest BCUT2D eigenvalue weighted by molar-refractivity contribution is 0.212. The number of carbonyl (C=O) groups excluding carboxylic acids is 1. The maximum atomic E-state index is 13.7. The van der Waals surface area contributed by atoms with Gasteiger partial charge in [-0.2, -0.15) is 0 Å². The molecule has 1 N–H and O–H groups in total. The summed E-state index contributed by atoms with van der Waals surface area (Å²) in [6.07, 6.45) is 0. The van der Waals surface area contributed by atoms with Crippen LogP contribution in [0.3, 0.4) is 0 Å². The second-order valence-electron chi connectivity index (χ2n) is 5.34. The van der Waals surface area contributed by atoms with Gasteiger partial charge in [0.25, 0.3) is 0 Å². The number of hydrogen-bond donors (Lipinski definition) is 1. The van der Waals surface area contributed by atoms with Crippen LogP contribution < -0.4 is 14.8 Å². The number of para-hydroxylation sites is 1. The lowest BCUT2D eigenvalue weighted by Crippen LogP contribution is -2.34. The Kier molecular flexibility index (Phi) is 6.62. The number of halogens is 1. The number of rotatable bonds is 7. The van der Waals surface area contributed by atoms with Gasteiger partial charge in [-0.25, -0.2) is 9.18 Å². The summed E-state index contributed by atoms with van der Waals surface area (Å²) in [4.78, 5) is 14.0. The summed E-state index contributed by atoms with van der Waals surface area (Å²) in [6, 6.07) is 11.3. The molecule has 2 amide bonds. The molecule has 2 aromatic carbocycles. The number of hydrogen-bond acceptors (Lipinski definition) is 3. The van der Waals surface area contributed by atoms with Crippen LogP contribution in [-0.4, -0.2) is 31.2 Å². The largest absolute Gasteiger partial charge is 0.493 e. The van der Waals surface area contributed by atoms with Gasteiger partial charge in [-0.05, 0) is 43.7 Å². The molecule has 0 bridgehead atoms. The molecular weight excluding hydrogens is 323 g/mol. The van der Waals surface area contributed by atoms with E-state index in [1.165, 1.54) is 12.1 Å². The van der Waals surface area contributed by atoms with Crippen molar-refractivity contribution < 1.29 is 18.7 Å². The second-order valence-corrected chi connectivity index (χ2v) is 5.34. The third-order valence-corrected chi connectivity index (χ3v) is 3.69. The predicted molar refractivity (Wildman–Crippen MR) is 95.7 cm³/mol. The van der Waals surface area contributed by atoms with Gasteiger partial charge in [-0.15, -0.1) is 0 Å². The summed E-state index contributed by atoms with van der Waals surface area (Å²) in [5, 5.41) is 2.60. The zero-order valence-corrected chi connectivity index (χ0v) is 14.7. The highest BCUT2D eigenvalue weighted by Crippen LogP contribution is 2.28. The highest BCUT2D eigenvalue weighted by molar-refractivity contribution is 5.89. The third kappa shape index (κ3) is 4.86. The molecule has 2 rings (SSSR count). The molecule has 0 aliphatic rings. The topological polar surface area (TPSA) is 50.8 Å². The van der Waals surface area contributed by atoms with E-state index in [-0.39, 0.29) is 11.7 Å². The summed E-state index contributed by atoms with van der Waals surface area (Å²) in [6.45, 7) is 5.17. The lowest BCUT2D eigenvalue weighted by Gasteiger charge is -2.22. The fourth-order valence-electron chi connectivity index (χ4n) is 2.39. The molecule has 0 spiro atoms. The molecule has 0 aromatic heterocycles. The van der Waals surface area contributed by atoms with E-state index in [2.05, 4.69) is 5.32 Å². The molecule has 6 heteroatoms. The minimum atomic E-state index is -0.463. The summed E-state index contributed by atoms with van der Waals surface area (Å²) in [5.41, 5.74) is 1.06. The molecule has 0 aliphatic carbocycles. The van der Waals surface area contributed by atoms with Crippen LogP contribution in [0.5, 0.6) is 11.5 Å². The zero-order chi connectivity index (χ0) is 18.2. The number of ether oxygens (including phenoxy) is 2. The molecule has 25 heavy (non-hydrogen) atoms. The zero-order valence-electron chi connectivity index (χ0n) is 14.7. The average Bonchev–Trinajstić information content (AvgIpc) is 2.62. The second kappa shape index (κ2) is 8.92. The molecule has 5 nitrogen and oxygen atoms in total. The molecular formula is C19H23FN2O3. The number of nitrogens with one attached hydrogen (secondary N) is 1. The van der Waals surface area contributed by atoms with Crippen LogP contribution >= 0.6 is 0 Å². The summed E-state index contributed by atoms with van der Waals surface area (Å²) >= 11 is 0. The molecule has 0 radical (unpaired) electrons. The minimum absolute atomic E-state index is 0.162. The van der Waals surface area contributed by atoms with Crippen LogP contribution in [0, 0.1) is 5.82 Å².